The normalized spacial score (nSPS) is 10.4. The van der Waals surface area contributed by atoms with E-state index in [2.05, 4.69) is 10.6 Å². The zero-order valence-corrected chi connectivity index (χ0v) is 19.7. The summed E-state index contributed by atoms with van der Waals surface area (Å²) in [6.45, 7) is 6.35. The Hall–Kier alpha value is -3.71. The lowest BCUT2D eigenvalue weighted by Gasteiger charge is -2.21. The van der Waals surface area contributed by atoms with Crippen LogP contribution < -0.4 is 20.3 Å². The molecule has 3 aromatic rings. The van der Waals surface area contributed by atoms with Crippen molar-refractivity contribution < 1.29 is 14.3 Å². The van der Waals surface area contributed by atoms with Crippen LogP contribution in [0.15, 0.2) is 78.9 Å². The first kappa shape index (κ1) is 23.9. The van der Waals surface area contributed by atoms with Crippen molar-refractivity contribution >= 4 is 40.5 Å². The molecule has 0 bridgehead atoms. The molecule has 7 heteroatoms. The van der Waals surface area contributed by atoms with Crippen LogP contribution in [-0.2, 0) is 0 Å². The standard InChI is InChI=1S/C26H27N3O3S/c1-4-29(22-11-6-5-7-12-22)25(31)20-9-8-10-21(17-20)27-26(33)28-24(30)19-13-15-23(16-14-19)32-18(2)3/h5-18H,4H2,1-3H3,(H2,27,28,30,33). The number of nitrogens with one attached hydrogen (secondary N) is 2. The Morgan fingerprint density at radius 3 is 2.27 bits per heavy atom. The number of para-hydroxylation sites is 1. The first-order valence-electron chi connectivity index (χ1n) is 10.7. The van der Waals surface area contributed by atoms with Crippen LogP contribution in [0.2, 0.25) is 0 Å². The molecule has 33 heavy (non-hydrogen) atoms. The number of carbonyl (C=O) groups is 2. The highest BCUT2D eigenvalue weighted by Gasteiger charge is 2.16. The van der Waals surface area contributed by atoms with E-state index < -0.39 is 0 Å². The van der Waals surface area contributed by atoms with E-state index in [1.165, 1.54) is 0 Å². The van der Waals surface area contributed by atoms with Crippen molar-refractivity contribution in [2.75, 3.05) is 16.8 Å². The molecule has 0 aliphatic carbocycles. The van der Waals surface area contributed by atoms with Gasteiger partial charge in [-0.2, -0.15) is 0 Å². The SMILES string of the molecule is CCN(C(=O)c1cccc(NC(=S)NC(=O)c2ccc(OC(C)C)cc2)c1)c1ccccc1. The molecule has 2 N–H and O–H groups in total. The molecule has 0 fully saturated rings. The van der Waals surface area contributed by atoms with Crippen LogP contribution in [-0.4, -0.2) is 29.6 Å². The van der Waals surface area contributed by atoms with Crippen LogP contribution in [0.4, 0.5) is 11.4 Å². The molecular formula is C26H27N3O3S. The fraction of sp³-hybridized carbons (Fsp3) is 0.192. The van der Waals surface area contributed by atoms with Gasteiger partial charge in [-0.05, 0) is 87.6 Å². The minimum atomic E-state index is -0.336. The maximum absolute atomic E-state index is 13.1. The maximum atomic E-state index is 13.1. The zero-order valence-electron chi connectivity index (χ0n) is 18.9. The monoisotopic (exact) mass is 461 g/mol. The molecule has 0 atom stereocenters. The largest absolute Gasteiger partial charge is 0.491 e. The Kier molecular flexibility index (Phi) is 8.16. The van der Waals surface area contributed by atoms with Crippen molar-refractivity contribution in [3.63, 3.8) is 0 Å². The highest BCUT2D eigenvalue weighted by atomic mass is 32.1. The van der Waals surface area contributed by atoms with E-state index in [4.69, 9.17) is 17.0 Å². The molecule has 0 heterocycles. The van der Waals surface area contributed by atoms with Crippen LogP contribution in [0.5, 0.6) is 5.75 Å². The number of hydrogen-bond donors (Lipinski definition) is 2. The summed E-state index contributed by atoms with van der Waals surface area (Å²) in [7, 11) is 0. The van der Waals surface area contributed by atoms with Crippen LogP contribution in [0.25, 0.3) is 0 Å². The van der Waals surface area contributed by atoms with Gasteiger partial charge in [-0.15, -0.1) is 0 Å². The van der Waals surface area contributed by atoms with Crippen molar-refractivity contribution in [3.8, 4) is 5.75 Å². The van der Waals surface area contributed by atoms with Gasteiger partial charge in [0.2, 0.25) is 0 Å². The Balaban J connectivity index is 1.64. The number of anilines is 2. The van der Waals surface area contributed by atoms with Gasteiger partial charge < -0.3 is 15.0 Å². The van der Waals surface area contributed by atoms with Gasteiger partial charge in [0.25, 0.3) is 11.8 Å². The van der Waals surface area contributed by atoms with Gasteiger partial charge in [0.05, 0.1) is 6.10 Å². The minimum absolute atomic E-state index is 0.0567. The van der Waals surface area contributed by atoms with Gasteiger partial charge in [0.1, 0.15) is 5.75 Å². The fourth-order valence-electron chi connectivity index (χ4n) is 3.23. The molecule has 3 aromatic carbocycles. The summed E-state index contributed by atoms with van der Waals surface area (Å²) in [5, 5.41) is 5.78. The van der Waals surface area contributed by atoms with Crippen LogP contribution >= 0.6 is 12.2 Å². The summed E-state index contributed by atoms with van der Waals surface area (Å²) in [6.07, 6.45) is 0.0567. The van der Waals surface area contributed by atoms with Gasteiger partial charge in [-0.1, -0.05) is 24.3 Å². The van der Waals surface area contributed by atoms with Crippen molar-refractivity contribution in [1.29, 1.82) is 0 Å². The van der Waals surface area contributed by atoms with Gasteiger partial charge in [-0.3, -0.25) is 14.9 Å². The average molecular weight is 462 g/mol. The predicted octanol–water partition coefficient (Wildman–Crippen LogP) is 5.27. The highest BCUT2D eigenvalue weighted by Crippen LogP contribution is 2.19. The fourth-order valence-corrected chi connectivity index (χ4v) is 3.44. The van der Waals surface area contributed by atoms with Gasteiger partial charge in [-0.25, -0.2) is 0 Å². The van der Waals surface area contributed by atoms with Crippen molar-refractivity contribution in [1.82, 2.24) is 5.32 Å². The van der Waals surface area contributed by atoms with E-state index in [0.29, 0.717) is 29.1 Å². The number of rotatable bonds is 7. The molecule has 3 rings (SSSR count). The molecule has 2 amide bonds. The molecular weight excluding hydrogens is 434 g/mol. The van der Waals surface area contributed by atoms with E-state index in [1.54, 1.807) is 53.4 Å². The summed E-state index contributed by atoms with van der Waals surface area (Å²) >= 11 is 5.29. The summed E-state index contributed by atoms with van der Waals surface area (Å²) in [5.41, 5.74) is 2.41. The minimum Gasteiger partial charge on any atom is -0.491 e. The molecule has 6 nitrogen and oxygen atoms in total. The van der Waals surface area contributed by atoms with Gasteiger partial charge >= 0.3 is 0 Å². The van der Waals surface area contributed by atoms with Crippen molar-refractivity contribution in [2.24, 2.45) is 0 Å². The lowest BCUT2D eigenvalue weighted by atomic mass is 10.1. The van der Waals surface area contributed by atoms with Gasteiger partial charge in [0.15, 0.2) is 5.11 Å². The lowest BCUT2D eigenvalue weighted by molar-refractivity contribution is 0.0973. The third-order valence-electron chi connectivity index (χ3n) is 4.71. The summed E-state index contributed by atoms with van der Waals surface area (Å²) < 4.78 is 5.59. The topological polar surface area (TPSA) is 70.7 Å². The highest BCUT2D eigenvalue weighted by molar-refractivity contribution is 7.80. The van der Waals surface area contributed by atoms with Crippen LogP contribution in [0.3, 0.4) is 0 Å². The number of benzene rings is 3. The number of amides is 2. The molecule has 0 spiro atoms. The number of carbonyl (C=O) groups excluding carboxylic acids is 2. The maximum Gasteiger partial charge on any atom is 0.258 e. The van der Waals surface area contributed by atoms with E-state index in [-0.39, 0.29) is 23.0 Å². The molecule has 0 aromatic heterocycles. The predicted molar refractivity (Wildman–Crippen MR) is 136 cm³/mol. The second-order valence-corrected chi connectivity index (χ2v) is 7.97. The Labute approximate surface area is 199 Å². The zero-order chi connectivity index (χ0) is 23.8. The molecule has 0 unspecified atom stereocenters. The summed E-state index contributed by atoms with van der Waals surface area (Å²) in [6, 6.07) is 23.4. The van der Waals surface area contributed by atoms with E-state index in [1.807, 2.05) is 51.1 Å². The van der Waals surface area contributed by atoms with E-state index >= 15 is 0 Å². The number of ether oxygens (including phenoxy) is 1. The number of hydrogen-bond acceptors (Lipinski definition) is 4. The average Bonchev–Trinajstić information content (AvgIpc) is 2.80. The first-order chi connectivity index (χ1) is 15.9. The Morgan fingerprint density at radius 1 is 0.939 bits per heavy atom. The number of nitrogens with zero attached hydrogens (tertiary/aromatic N) is 1. The van der Waals surface area contributed by atoms with Gasteiger partial charge in [0, 0.05) is 29.0 Å². The molecule has 0 radical (unpaired) electrons. The lowest BCUT2D eigenvalue weighted by Crippen LogP contribution is -2.34. The third-order valence-corrected chi connectivity index (χ3v) is 4.92. The first-order valence-corrected chi connectivity index (χ1v) is 11.1. The molecule has 0 aliphatic heterocycles. The van der Waals surface area contributed by atoms with Crippen molar-refractivity contribution in [3.05, 3.63) is 90.0 Å². The Morgan fingerprint density at radius 2 is 1.64 bits per heavy atom. The molecule has 170 valence electrons. The second-order valence-electron chi connectivity index (χ2n) is 7.56. The number of thiocarbonyl (C=S) groups is 1. The smallest absolute Gasteiger partial charge is 0.258 e. The second kappa shape index (κ2) is 11.2. The van der Waals surface area contributed by atoms with Crippen LogP contribution in [0, 0.1) is 0 Å². The van der Waals surface area contributed by atoms with Crippen molar-refractivity contribution in [2.45, 2.75) is 26.9 Å². The third kappa shape index (κ3) is 6.63. The van der Waals surface area contributed by atoms with E-state index in [9.17, 15) is 9.59 Å². The Bertz CT molecular complexity index is 1120. The quantitative estimate of drug-likeness (QED) is 0.469. The molecule has 0 aliphatic rings. The summed E-state index contributed by atoms with van der Waals surface area (Å²) in [4.78, 5) is 27.3. The molecule has 0 saturated carbocycles. The van der Waals surface area contributed by atoms with Crippen LogP contribution in [0.1, 0.15) is 41.5 Å². The van der Waals surface area contributed by atoms with E-state index in [0.717, 1.165) is 5.69 Å². The molecule has 0 saturated heterocycles. The summed E-state index contributed by atoms with van der Waals surface area (Å²) in [5.74, 6) is 0.239.